The minimum atomic E-state index is -0.113. The molecule has 21 heavy (non-hydrogen) atoms. The van der Waals surface area contributed by atoms with E-state index in [1.807, 2.05) is 49.4 Å². The van der Waals surface area contributed by atoms with Crippen molar-refractivity contribution in [1.29, 1.82) is 0 Å². The molecule has 0 aliphatic carbocycles. The molecule has 3 nitrogen and oxygen atoms in total. The molecule has 0 radical (unpaired) electrons. The van der Waals surface area contributed by atoms with Crippen molar-refractivity contribution < 1.29 is 4.79 Å². The number of benzene rings is 2. The van der Waals surface area contributed by atoms with E-state index in [1.54, 1.807) is 12.3 Å². The number of carbonyl (C=O) groups excluding carboxylic acids is 1. The lowest BCUT2D eigenvalue weighted by Crippen LogP contribution is -2.13. The summed E-state index contributed by atoms with van der Waals surface area (Å²) in [6.45, 7) is 1.99. The van der Waals surface area contributed by atoms with Gasteiger partial charge in [0.1, 0.15) is 0 Å². The van der Waals surface area contributed by atoms with Gasteiger partial charge in [0.2, 0.25) is 0 Å². The topological polar surface area (TPSA) is 42.0 Å². The molecule has 0 fully saturated rings. The van der Waals surface area contributed by atoms with Crippen LogP contribution in [0.25, 0.3) is 10.9 Å². The van der Waals surface area contributed by atoms with Gasteiger partial charge in [-0.15, -0.1) is 0 Å². The van der Waals surface area contributed by atoms with E-state index in [4.69, 9.17) is 0 Å². The highest BCUT2D eigenvalue weighted by Gasteiger charge is 2.11. The maximum absolute atomic E-state index is 12.5. The molecule has 0 aliphatic heterocycles. The zero-order valence-electron chi connectivity index (χ0n) is 11.4. The van der Waals surface area contributed by atoms with Gasteiger partial charge in [0.25, 0.3) is 5.91 Å². The second-order valence-corrected chi connectivity index (χ2v) is 6.03. The van der Waals surface area contributed by atoms with Gasteiger partial charge in [-0.05, 0) is 65.4 Å². The molecule has 0 spiro atoms. The minimum absolute atomic E-state index is 0.113. The number of hydrogen-bond acceptors (Lipinski definition) is 2. The summed E-state index contributed by atoms with van der Waals surface area (Å²) in [5.41, 5.74) is 3.35. The Hall–Kier alpha value is -1.95. The fraction of sp³-hybridized carbons (Fsp3) is 0.0588. The second kappa shape index (κ2) is 5.81. The lowest BCUT2D eigenvalue weighted by molar-refractivity contribution is 0.102. The lowest BCUT2D eigenvalue weighted by atomic mass is 10.1. The van der Waals surface area contributed by atoms with Crippen molar-refractivity contribution in [3.05, 3.63) is 69.4 Å². The normalized spacial score (nSPS) is 10.6. The number of rotatable bonds is 2. The highest BCUT2D eigenvalue weighted by Crippen LogP contribution is 2.21. The number of anilines is 1. The monoisotopic (exact) mass is 388 g/mol. The van der Waals surface area contributed by atoms with E-state index in [9.17, 15) is 4.79 Å². The van der Waals surface area contributed by atoms with Crippen LogP contribution in [0.3, 0.4) is 0 Å². The Morgan fingerprint density at radius 3 is 2.76 bits per heavy atom. The first-order valence-electron chi connectivity index (χ1n) is 6.56. The highest BCUT2D eigenvalue weighted by atomic mass is 127. The molecule has 0 atom stereocenters. The van der Waals surface area contributed by atoms with Crippen molar-refractivity contribution in [2.45, 2.75) is 6.92 Å². The van der Waals surface area contributed by atoms with Crippen molar-refractivity contribution in [1.82, 2.24) is 4.98 Å². The van der Waals surface area contributed by atoms with Crippen LogP contribution in [0.1, 0.15) is 15.9 Å². The molecule has 0 aliphatic rings. The molecule has 1 aromatic heterocycles. The summed E-state index contributed by atoms with van der Waals surface area (Å²) in [6, 6.07) is 15.4. The number of nitrogens with zero attached hydrogens (tertiary/aromatic N) is 1. The quantitative estimate of drug-likeness (QED) is 0.662. The van der Waals surface area contributed by atoms with Crippen LogP contribution in [-0.4, -0.2) is 10.9 Å². The predicted molar refractivity (Wildman–Crippen MR) is 93.6 cm³/mol. The summed E-state index contributed by atoms with van der Waals surface area (Å²) in [4.78, 5) is 16.8. The van der Waals surface area contributed by atoms with Crippen molar-refractivity contribution in [3.8, 4) is 0 Å². The molecule has 1 N–H and O–H groups in total. The molecule has 3 aromatic rings. The molecule has 2 aromatic carbocycles. The number of amides is 1. The fourth-order valence-corrected chi connectivity index (χ4v) is 2.90. The van der Waals surface area contributed by atoms with Crippen LogP contribution in [-0.2, 0) is 0 Å². The summed E-state index contributed by atoms with van der Waals surface area (Å²) in [6.07, 6.45) is 1.66. The van der Waals surface area contributed by atoms with Crippen LogP contribution in [0.15, 0.2) is 54.7 Å². The number of pyridine rings is 1. The van der Waals surface area contributed by atoms with Gasteiger partial charge < -0.3 is 5.32 Å². The molecule has 0 saturated carbocycles. The SMILES string of the molecule is Cc1cc(I)ccc1NC(=O)c1ccnc2ccccc12. The molecular weight excluding hydrogens is 375 g/mol. The summed E-state index contributed by atoms with van der Waals surface area (Å²) >= 11 is 2.26. The van der Waals surface area contributed by atoms with Crippen LogP contribution < -0.4 is 5.32 Å². The van der Waals surface area contributed by atoms with Crippen molar-refractivity contribution in [2.24, 2.45) is 0 Å². The Labute approximate surface area is 136 Å². The first kappa shape index (κ1) is 14.0. The fourth-order valence-electron chi connectivity index (χ4n) is 2.25. The maximum atomic E-state index is 12.5. The average Bonchev–Trinajstić information content (AvgIpc) is 2.49. The number of aryl methyl sites for hydroxylation is 1. The number of hydrogen-bond donors (Lipinski definition) is 1. The first-order valence-corrected chi connectivity index (χ1v) is 7.64. The van der Waals surface area contributed by atoms with Gasteiger partial charge in [0, 0.05) is 20.8 Å². The van der Waals surface area contributed by atoms with E-state index in [0.717, 1.165) is 25.7 Å². The number of carbonyl (C=O) groups is 1. The van der Waals surface area contributed by atoms with Gasteiger partial charge in [-0.25, -0.2) is 0 Å². The lowest BCUT2D eigenvalue weighted by Gasteiger charge is -2.10. The Balaban J connectivity index is 1.97. The summed E-state index contributed by atoms with van der Waals surface area (Å²) in [5.74, 6) is -0.113. The number of fused-ring (bicyclic) bond motifs is 1. The standard InChI is InChI=1S/C17H13IN2O/c1-11-10-12(18)6-7-15(11)20-17(21)14-8-9-19-16-5-3-2-4-13(14)16/h2-10H,1H3,(H,20,21). The number of halogens is 1. The predicted octanol–water partition coefficient (Wildman–Crippen LogP) is 4.40. The zero-order valence-corrected chi connectivity index (χ0v) is 13.6. The molecule has 0 saturated heterocycles. The van der Waals surface area contributed by atoms with Crippen LogP contribution in [0.4, 0.5) is 5.69 Å². The van der Waals surface area contributed by atoms with Crippen LogP contribution in [0.5, 0.6) is 0 Å². The largest absolute Gasteiger partial charge is 0.322 e. The maximum Gasteiger partial charge on any atom is 0.256 e. The second-order valence-electron chi connectivity index (χ2n) is 4.79. The molecule has 0 unspecified atom stereocenters. The van der Waals surface area contributed by atoms with Gasteiger partial charge >= 0.3 is 0 Å². The van der Waals surface area contributed by atoms with Gasteiger partial charge in [-0.2, -0.15) is 0 Å². The van der Waals surface area contributed by atoms with E-state index >= 15 is 0 Å². The van der Waals surface area contributed by atoms with Crippen molar-refractivity contribution in [3.63, 3.8) is 0 Å². The third-order valence-electron chi connectivity index (χ3n) is 3.33. The van der Waals surface area contributed by atoms with Crippen LogP contribution in [0.2, 0.25) is 0 Å². The molecular formula is C17H13IN2O. The molecule has 1 heterocycles. The van der Waals surface area contributed by atoms with Crippen molar-refractivity contribution >= 4 is 45.1 Å². The first-order chi connectivity index (χ1) is 10.1. The third-order valence-corrected chi connectivity index (χ3v) is 4.00. The Kier molecular flexibility index (Phi) is 3.88. The Bertz CT molecular complexity index is 825. The third kappa shape index (κ3) is 2.90. The molecule has 0 bridgehead atoms. The van der Waals surface area contributed by atoms with E-state index < -0.39 is 0 Å². The van der Waals surface area contributed by atoms with E-state index in [1.165, 1.54) is 0 Å². The smallest absolute Gasteiger partial charge is 0.256 e. The van der Waals surface area contributed by atoms with Crippen molar-refractivity contribution in [2.75, 3.05) is 5.32 Å². The molecule has 3 rings (SSSR count). The van der Waals surface area contributed by atoms with E-state index in [0.29, 0.717) is 5.56 Å². The van der Waals surface area contributed by atoms with E-state index in [-0.39, 0.29) is 5.91 Å². The average molecular weight is 388 g/mol. The number of nitrogens with one attached hydrogen (secondary N) is 1. The summed E-state index contributed by atoms with van der Waals surface area (Å²) in [7, 11) is 0. The molecule has 1 amide bonds. The number of para-hydroxylation sites is 1. The summed E-state index contributed by atoms with van der Waals surface area (Å²) in [5, 5.41) is 3.84. The van der Waals surface area contributed by atoms with Gasteiger partial charge in [-0.1, -0.05) is 18.2 Å². The summed E-state index contributed by atoms with van der Waals surface area (Å²) < 4.78 is 1.15. The molecule has 104 valence electrons. The van der Waals surface area contributed by atoms with Crippen LogP contribution in [0, 0.1) is 10.5 Å². The van der Waals surface area contributed by atoms with Gasteiger partial charge in [-0.3, -0.25) is 9.78 Å². The van der Waals surface area contributed by atoms with Gasteiger partial charge in [0.15, 0.2) is 0 Å². The zero-order chi connectivity index (χ0) is 14.8. The number of aromatic nitrogens is 1. The molecule has 4 heteroatoms. The van der Waals surface area contributed by atoms with Gasteiger partial charge in [0.05, 0.1) is 11.1 Å². The minimum Gasteiger partial charge on any atom is -0.322 e. The van der Waals surface area contributed by atoms with Crippen LogP contribution >= 0.6 is 22.6 Å². The van der Waals surface area contributed by atoms with E-state index in [2.05, 4.69) is 32.9 Å². The Morgan fingerprint density at radius 2 is 1.95 bits per heavy atom. The Morgan fingerprint density at radius 1 is 1.14 bits per heavy atom. The highest BCUT2D eigenvalue weighted by molar-refractivity contribution is 14.1.